The number of aromatic nitrogens is 3. The normalized spacial score (nSPS) is 11.0. The molecule has 0 unspecified atom stereocenters. The number of ether oxygens (including phenoxy) is 1. The van der Waals surface area contributed by atoms with Crippen LogP contribution in [0.3, 0.4) is 0 Å². The SMILES string of the molecule is COCCN(Cc1nc2ccccc2c(=O)[nH]1)C(=O)CCc1ncc(-c2ccccc2)o1. The lowest BCUT2D eigenvalue weighted by atomic mass is 10.2. The van der Waals surface area contributed by atoms with Crippen molar-refractivity contribution >= 4 is 16.8 Å². The van der Waals surface area contributed by atoms with Crippen molar-refractivity contribution in [3.63, 3.8) is 0 Å². The summed E-state index contributed by atoms with van der Waals surface area (Å²) in [6.07, 6.45) is 2.26. The van der Waals surface area contributed by atoms with Crippen LogP contribution in [0.15, 0.2) is 70.0 Å². The number of hydrogen-bond acceptors (Lipinski definition) is 6. The van der Waals surface area contributed by atoms with E-state index in [1.807, 2.05) is 36.4 Å². The third-order valence-corrected chi connectivity index (χ3v) is 5.09. The molecule has 0 radical (unpaired) electrons. The van der Waals surface area contributed by atoms with Gasteiger partial charge in [-0.15, -0.1) is 0 Å². The van der Waals surface area contributed by atoms with Crippen LogP contribution in [0.4, 0.5) is 0 Å². The molecule has 8 nitrogen and oxygen atoms in total. The third-order valence-electron chi connectivity index (χ3n) is 5.09. The number of oxazole rings is 1. The van der Waals surface area contributed by atoms with Crippen molar-refractivity contribution in [1.82, 2.24) is 19.9 Å². The number of carbonyl (C=O) groups excluding carboxylic acids is 1. The molecule has 4 aromatic rings. The van der Waals surface area contributed by atoms with Crippen LogP contribution in [0.1, 0.15) is 18.1 Å². The first-order valence-electron chi connectivity index (χ1n) is 10.4. The highest BCUT2D eigenvalue weighted by atomic mass is 16.5. The number of amides is 1. The molecule has 0 spiro atoms. The van der Waals surface area contributed by atoms with Gasteiger partial charge in [0.1, 0.15) is 5.82 Å². The molecule has 2 heterocycles. The van der Waals surface area contributed by atoms with E-state index in [9.17, 15) is 9.59 Å². The molecular formula is C24H24N4O4. The van der Waals surface area contributed by atoms with Crippen LogP contribution >= 0.6 is 0 Å². The molecule has 32 heavy (non-hydrogen) atoms. The van der Waals surface area contributed by atoms with E-state index in [0.29, 0.717) is 48.0 Å². The van der Waals surface area contributed by atoms with Gasteiger partial charge in [0, 0.05) is 32.1 Å². The maximum atomic E-state index is 12.9. The summed E-state index contributed by atoms with van der Waals surface area (Å²) in [5.41, 5.74) is 1.31. The van der Waals surface area contributed by atoms with Gasteiger partial charge >= 0.3 is 0 Å². The largest absolute Gasteiger partial charge is 0.441 e. The Hall–Kier alpha value is -3.78. The lowest BCUT2D eigenvalue weighted by Crippen LogP contribution is -2.34. The maximum Gasteiger partial charge on any atom is 0.258 e. The second-order valence-electron chi connectivity index (χ2n) is 7.32. The van der Waals surface area contributed by atoms with Gasteiger partial charge < -0.3 is 19.0 Å². The molecule has 0 bridgehead atoms. The number of benzene rings is 2. The number of nitrogens with zero attached hydrogens (tertiary/aromatic N) is 3. The summed E-state index contributed by atoms with van der Waals surface area (Å²) in [5, 5.41) is 0.518. The second-order valence-corrected chi connectivity index (χ2v) is 7.32. The van der Waals surface area contributed by atoms with Crippen molar-refractivity contribution in [2.24, 2.45) is 0 Å². The van der Waals surface area contributed by atoms with E-state index in [0.717, 1.165) is 5.56 Å². The van der Waals surface area contributed by atoms with Crippen LogP contribution in [0.25, 0.3) is 22.2 Å². The van der Waals surface area contributed by atoms with E-state index in [2.05, 4.69) is 15.0 Å². The lowest BCUT2D eigenvalue weighted by molar-refractivity contribution is -0.132. The summed E-state index contributed by atoms with van der Waals surface area (Å²) in [5.74, 6) is 1.50. The minimum absolute atomic E-state index is 0.0997. The van der Waals surface area contributed by atoms with Crippen LogP contribution in [-0.2, 0) is 22.5 Å². The number of hydrogen-bond donors (Lipinski definition) is 1. The van der Waals surface area contributed by atoms with E-state index in [4.69, 9.17) is 9.15 Å². The van der Waals surface area contributed by atoms with Gasteiger partial charge in [0.05, 0.1) is 30.3 Å². The number of aryl methyl sites for hydroxylation is 1. The molecule has 1 amide bonds. The molecule has 0 saturated carbocycles. The van der Waals surface area contributed by atoms with Gasteiger partial charge in [-0.3, -0.25) is 9.59 Å². The Morgan fingerprint density at radius 1 is 1.12 bits per heavy atom. The topological polar surface area (TPSA) is 101 Å². The summed E-state index contributed by atoms with van der Waals surface area (Å²) < 4.78 is 10.9. The van der Waals surface area contributed by atoms with Crippen molar-refractivity contribution < 1.29 is 13.9 Å². The molecule has 1 N–H and O–H groups in total. The van der Waals surface area contributed by atoms with E-state index < -0.39 is 0 Å². The molecule has 0 saturated heterocycles. The summed E-state index contributed by atoms with van der Waals surface area (Å²) >= 11 is 0. The Bertz CT molecular complexity index is 1250. The molecule has 164 valence electrons. The van der Waals surface area contributed by atoms with Gasteiger partial charge in [0.2, 0.25) is 5.91 Å². The quantitative estimate of drug-likeness (QED) is 0.436. The van der Waals surface area contributed by atoms with Gasteiger partial charge in [-0.05, 0) is 12.1 Å². The fourth-order valence-corrected chi connectivity index (χ4v) is 3.42. The van der Waals surface area contributed by atoms with Gasteiger partial charge in [0.15, 0.2) is 11.7 Å². The fourth-order valence-electron chi connectivity index (χ4n) is 3.42. The first-order valence-corrected chi connectivity index (χ1v) is 10.4. The van der Waals surface area contributed by atoms with E-state index in [-0.39, 0.29) is 24.4 Å². The van der Waals surface area contributed by atoms with Crippen LogP contribution in [0.5, 0.6) is 0 Å². The number of methoxy groups -OCH3 is 1. The number of H-pyrrole nitrogens is 1. The summed E-state index contributed by atoms with van der Waals surface area (Å²) in [6.45, 7) is 0.941. The zero-order valence-electron chi connectivity index (χ0n) is 17.8. The number of para-hydroxylation sites is 1. The van der Waals surface area contributed by atoms with E-state index >= 15 is 0 Å². The molecule has 8 heteroatoms. The van der Waals surface area contributed by atoms with Crippen molar-refractivity contribution in [3.05, 3.63) is 82.9 Å². The summed E-state index contributed by atoms with van der Waals surface area (Å²) in [4.78, 5) is 38.5. The molecule has 0 fully saturated rings. The zero-order valence-corrected chi connectivity index (χ0v) is 17.8. The summed E-state index contributed by atoms with van der Waals surface area (Å²) in [7, 11) is 1.58. The van der Waals surface area contributed by atoms with Crippen LogP contribution < -0.4 is 5.56 Å². The van der Waals surface area contributed by atoms with Gasteiger partial charge in [-0.25, -0.2) is 9.97 Å². The smallest absolute Gasteiger partial charge is 0.258 e. The Morgan fingerprint density at radius 3 is 2.72 bits per heavy atom. The Balaban J connectivity index is 1.44. The summed E-state index contributed by atoms with van der Waals surface area (Å²) in [6, 6.07) is 16.8. The molecule has 0 aliphatic rings. The number of rotatable bonds is 9. The predicted octanol–water partition coefficient (Wildman–Crippen LogP) is 3.19. The van der Waals surface area contributed by atoms with Crippen LogP contribution in [-0.4, -0.2) is 46.0 Å². The third kappa shape index (κ3) is 5.09. The number of aromatic amines is 1. The monoisotopic (exact) mass is 432 g/mol. The molecule has 0 aliphatic heterocycles. The lowest BCUT2D eigenvalue weighted by Gasteiger charge is -2.21. The Kier molecular flexibility index (Phi) is 6.72. The van der Waals surface area contributed by atoms with E-state index in [1.54, 1.807) is 36.4 Å². The number of carbonyl (C=O) groups is 1. The average Bonchev–Trinajstić information content (AvgIpc) is 3.30. The molecule has 2 aromatic carbocycles. The number of nitrogens with one attached hydrogen (secondary N) is 1. The molecule has 4 rings (SSSR count). The highest BCUT2D eigenvalue weighted by Crippen LogP contribution is 2.20. The average molecular weight is 432 g/mol. The standard InChI is InChI=1S/C24H24N4O4/c1-31-14-13-28(16-21-26-19-10-6-5-9-18(19)24(30)27-21)23(29)12-11-22-25-15-20(32-22)17-7-3-2-4-8-17/h2-10,15H,11-14,16H2,1H3,(H,26,27,30). The minimum atomic E-state index is -0.224. The van der Waals surface area contributed by atoms with E-state index in [1.165, 1.54) is 0 Å². The molecule has 0 atom stereocenters. The Morgan fingerprint density at radius 2 is 1.91 bits per heavy atom. The molecular weight excluding hydrogens is 408 g/mol. The van der Waals surface area contributed by atoms with Crippen molar-refractivity contribution in [3.8, 4) is 11.3 Å². The van der Waals surface area contributed by atoms with Crippen molar-refractivity contribution in [2.45, 2.75) is 19.4 Å². The first-order chi connectivity index (χ1) is 15.6. The second kappa shape index (κ2) is 10.0. The number of fused-ring (bicyclic) bond motifs is 1. The van der Waals surface area contributed by atoms with Crippen LogP contribution in [0, 0.1) is 0 Å². The van der Waals surface area contributed by atoms with Gasteiger partial charge in [-0.2, -0.15) is 0 Å². The van der Waals surface area contributed by atoms with Crippen LogP contribution in [0.2, 0.25) is 0 Å². The molecule has 0 aliphatic carbocycles. The van der Waals surface area contributed by atoms with Gasteiger partial charge in [-0.1, -0.05) is 42.5 Å². The predicted molar refractivity (Wildman–Crippen MR) is 120 cm³/mol. The highest BCUT2D eigenvalue weighted by Gasteiger charge is 2.17. The minimum Gasteiger partial charge on any atom is -0.441 e. The first kappa shape index (κ1) is 21.5. The fraction of sp³-hybridized carbons (Fsp3) is 0.250. The zero-order chi connectivity index (χ0) is 22.3. The van der Waals surface area contributed by atoms with Crippen molar-refractivity contribution in [2.75, 3.05) is 20.3 Å². The van der Waals surface area contributed by atoms with Crippen molar-refractivity contribution in [1.29, 1.82) is 0 Å². The Labute approximate surface area is 184 Å². The van der Waals surface area contributed by atoms with Gasteiger partial charge in [0.25, 0.3) is 5.56 Å². The molecule has 2 aromatic heterocycles. The maximum absolute atomic E-state index is 12.9. The highest BCUT2D eigenvalue weighted by molar-refractivity contribution is 5.78.